The van der Waals surface area contributed by atoms with Crippen molar-refractivity contribution < 1.29 is 4.74 Å². The van der Waals surface area contributed by atoms with Gasteiger partial charge in [-0.2, -0.15) is 0 Å². The Labute approximate surface area is 121 Å². The molecular weight excluding hydrogens is 254 g/mol. The smallest absolute Gasteiger partial charge is 0.188 e. The Balaban J connectivity index is 2.36. The minimum Gasteiger partial charge on any atom is -0.382 e. The number of guanidine groups is 1. The lowest BCUT2D eigenvalue weighted by atomic mass is 10.2. The van der Waals surface area contributed by atoms with Gasteiger partial charge < -0.3 is 20.7 Å². The summed E-state index contributed by atoms with van der Waals surface area (Å²) in [6.45, 7) is 4.80. The lowest BCUT2D eigenvalue weighted by Crippen LogP contribution is -2.32. The van der Waals surface area contributed by atoms with Crippen LogP contribution in [0.3, 0.4) is 0 Å². The fourth-order valence-electron chi connectivity index (χ4n) is 1.57. The van der Waals surface area contributed by atoms with Crippen LogP contribution in [0.2, 0.25) is 0 Å². The van der Waals surface area contributed by atoms with Crippen molar-refractivity contribution in [1.29, 1.82) is 0 Å². The molecule has 1 rings (SSSR count). The van der Waals surface area contributed by atoms with E-state index in [1.807, 2.05) is 38.1 Å². The zero-order valence-electron chi connectivity index (χ0n) is 12.6. The number of rotatable bonds is 8. The van der Waals surface area contributed by atoms with E-state index in [0.29, 0.717) is 12.5 Å². The molecule has 0 saturated carbocycles. The van der Waals surface area contributed by atoms with Crippen LogP contribution in [-0.4, -0.2) is 44.8 Å². The highest BCUT2D eigenvalue weighted by atomic mass is 16.5. The van der Waals surface area contributed by atoms with Gasteiger partial charge in [0.25, 0.3) is 0 Å². The molecular formula is C14H25N5O. The maximum absolute atomic E-state index is 5.81. The lowest BCUT2D eigenvalue weighted by molar-refractivity contribution is 0.145. The number of nitrogens with one attached hydrogen (secondary N) is 1. The quantitative estimate of drug-likeness (QED) is 0.421. The molecule has 1 heterocycles. The number of hydrogen-bond donors (Lipinski definition) is 2. The highest BCUT2D eigenvalue weighted by Crippen LogP contribution is 2.10. The summed E-state index contributed by atoms with van der Waals surface area (Å²) in [7, 11) is 3.92. The summed E-state index contributed by atoms with van der Waals surface area (Å²) >= 11 is 0. The van der Waals surface area contributed by atoms with E-state index in [-0.39, 0.29) is 0 Å². The van der Waals surface area contributed by atoms with E-state index in [4.69, 9.17) is 10.5 Å². The summed E-state index contributed by atoms with van der Waals surface area (Å²) in [5, 5.41) is 3.07. The number of aliphatic imine (C=N–C) groups is 1. The third-order valence-corrected chi connectivity index (χ3v) is 2.68. The van der Waals surface area contributed by atoms with Gasteiger partial charge in [0, 0.05) is 40.1 Å². The molecule has 0 aromatic carbocycles. The van der Waals surface area contributed by atoms with Crippen LogP contribution in [0.25, 0.3) is 0 Å². The van der Waals surface area contributed by atoms with Gasteiger partial charge in [0.05, 0.1) is 6.54 Å². The second-order valence-electron chi connectivity index (χ2n) is 4.60. The number of aromatic nitrogens is 1. The van der Waals surface area contributed by atoms with Crippen molar-refractivity contribution in [2.45, 2.75) is 19.9 Å². The summed E-state index contributed by atoms with van der Waals surface area (Å²) in [4.78, 5) is 10.5. The van der Waals surface area contributed by atoms with Crippen molar-refractivity contribution in [3.63, 3.8) is 0 Å². The average molecular weight is 279 g/mol. The second kappa shape index (κ2) is 9.14. The molecule has 0 spiro atoms. The molecule has 0 unspecified atom stereocenters. The Morgan fingerprint density at radius 3 is 3.00 bits per heavy atom. The Morgan fingerprint density at radius 1 is 1.50 bits per heavy atom. The molecule has 0 bridgehead atoms. The summed E-state index contributed by atoms with van der Waals surface area (Å²) in [6, 6.07) is 3.95. The predicted octanol–water partition coefficient (Wildman–Crippen LogP) is 0.979. The van der Waals surface area contributed by atoms with Gasteiger partial charge in [0.2, 0.25) is 0 Å². The van der Waals surface area contributed by atoms with E-state index < -0.39 is 0 Å². The van der Waals surface area contributed by atoms with Crippen LogP contribution in [-0.2, 0) is 11.3 Å². The van der Waals surface area contributed by atoms with Crippen molar-refractivity contribution in [1.82, 2.24) is 10.3 Å². The monoisotopic (exact) mass is 279 g/mol. The molecule has 6 heteroatoms. The highest BCUT2D eigenvalue weighted by molar-refractivity contribution is 5.77. The van der Waals surface area contributed by atoms with Gasteiger partial charge >= 0.3 is 0 Å². The molecule has 1 aromatic rings. The first-order valence-electron chi connectivity index (χ1n) is 6.87. The van der Waals surface area contributed by atoms with Gasteiger partial charge in [-0.1, -0.05) is 0 Å². The minimum atomic E-state index is 0.463. The van der Waals surface area contributed by atoms with Gasteiger partial charge in [0.1, 0.15) is 5.82 Å². The van der Waals surface area contributed by atoms with Crippen molar-refractivity contribution >= 4 is 11.8 Å². The number of ether oxygens (including phenoxy) is 1. The normalized spacial score (nSPS) is 11.4. The summed E-state index contributed by atoms with van der Waals surface area (Å²) < 4.78 is 5.25. The average Bonchev–Trinajstić information content (AvgIpc) is 2.45. The van der Waals surface area contributed by atoms with E-state index in [0.717, 1.165) is 37.6 Å². The Hall–Kier alpha value is -1.82. The SMILES string of the molecule is CCOCCCNC(N)=NCc1ccnc(N(C)C)c1. The van der Waals surface area contributed by atoms with Crippen LogP contribution >= 0.6 is 0 Å². The van der Waals surface area contributed by atoms with Gasteiger partial charge in [-0.25, -0.2) is 9.98 Å². The van der Waals surface area contributed by atoms with Gasteiger partial charge in [-0.05, 0) is 31.0 Å². The van der Waals surface area contributed by atoms with E-state index >= 15 is 0 Å². The van der Waals surface area contributed by atoms with Crippen LogP contribution in [0.4, 0.5) is 5.82 Å². The van der Waals surface area contributed by atoms with Gasteiger partial charge in [0.15, 0.2) is 5.96 Å². The Kier molecular flexibility index (Phi) is 7.42. The summed E-state index contributed by atoms with van der Waals surface area (Å²) in [5.41, 5.74) is 6.89. The van der Waals surface area contributed by atoms with Crippen LogP contribution in [0.5, 0.6) is 0 Å². The fraction of sp³-hybridized carbons (Fsp3) is 0.571. The molecule has 0 fully saturated rings. The third kappa shape index (κ3) is 6.38. The van der Waals surface area contributed by atoms with Crippen LogP contribution in [0.15, 0.2) is 23.3 Å². The summed E-state index contributed by atoms with van der Waals surface area (Å²) in [6.07, 6.45) is 2.70. The molecule has 0 saturated heterocycles. The minimum absolute atomic E-state index is 0.463. The Bertz CT molecular complexity index is 420. The van der Waals surface area contributed by atoms with Gasteiger partial charge in [-0.3, -0.25) is 0 Å². The van der Waals surface area contributed by atoms with Crippen LogP contribution in [0.1, 0.15) is 18.9 Å². The molecule has 0 aliphatic carbocycles. The first-order chi connectivity index (χ1) is 9.63. The first-order valence-corrected chi connectivity index (χ1v) is 6.87. The number of hydrogen-bond acceptors (Lipinski definition) is 4. The van der Waals surface area contributed by atoms with E-state index in [1.165, 1.54) is 0 Å². The fourth-order valence-corrected chi connectivity index (χ4v) is 1.57. The van der Waals surface area contributed by atoms with Crippen molar-refractivity contribution in [3.05, 3.63) is 23.9 Å². The zero-order valence-corrected chi connectivity index (χ0v) is 12.6. The van der Waals surface area contributed by atoms with E-state index in [2.05, 4.69) is 15.3 Å². The maximum Gasteiger partial charge on any atom is 0.188 e. The number of pyridine rings is 1. The van der Waals surface area contributed by atoms with Crippen molar-refractivity contribution in [3.8, 4) is 0 Å². The summed E-state index contributed by atoms with van der Waals surface area (Å²) in [5.74, 6) is 1.38. The predicted molar refractivity (Wildman–Crippen MR) is 83.0 cm³/mol. The zero-order chi connectivity index (χ0) is 14.8. The number of anilines is 1. The van der Waals surface area contributed by atoms with Crippen LogP contribution in [0, 0.1) is 0 Å². The van der Waals surface area contributed by atoms with E-state index in [1.54, 1.807) is 6.20 Å². The highest BCUT2D eigenvalue weighted by Gasteiger charge is 1.99. The van der Waals surface area contributed by atoms with Crippen molar-refractivity contribution in [2.24, 2.45) is 10.7 Å². The third-order valence-electron chi connectivity index (χ3n) is 2.68. The molecule has 20 heavy (non-hydrogen) atoms. The second-order valence-corrected chi connectivity index (χ2v) is 4.60. The largest absolute Gasteiger partial charge is 0.382 e. The molecule has 3 N–H and O–H groups in total. The number of nitrogens with two attached hydrogens (primary N) is 1. The van der Waals surface area contributed by atoms with E-state index in [9.17, 15) is 0 Å². The molecule has 1 aromatic heterocycles. The van der Waals surface area contributed by atoms with Crippen LogP contribution < -0.4 is 16.0 Å². The molecule has 0 aliphatic rings. The molecule has 0 radical (unpaired) electrons. The molecule has 0 amide bonds. The standard InChI is InChI=1S/C14H25N5O/c1-4-20-9-5-7-17-14(15)18-11-12-6-8-16-13(10-12)19(2)3/h6,8,10H,4-5,7,9,11H2,1-3H3,(H3,15,17,18). The van der Waals surface area contributed by atoms with Crippen molar-refractivity contribution in [2.75, 3.05) is 38.8 Å². The lowest BCUT2D eigenvalue weighted by Gasteiger charge is -2.11. The molecule has 0 atom stereocenters. The molecule has 112 valence electrons. The molecule has 0 aliphatic heterocycles. The maximum atomic E-state index is 5.81. The first kappa shape index (κ1) is 16.2. The molecule has 6 nitrogen and oxygen atoms in total. The Morgan fingerprint density at radius 2 is 2.30 bits per heavy atom. The topological polar surface area (TPSA) is 75.8 Å². The number of nitrogens with zero attached hydrogens (tertiary/aromatic N) is 3. The van der Waals surface area contributed by atoms with Gasteiger partial charge in [-0.15, -0.1) is 0 Å².